The molecule has 0 radical (unpaired) electrons. The van der Waals surface area contributed by atoms with E-state index in [1.54, 1.807) is 29.8 Å². The lowest BCUT2D eigenvalue weighted by Gasteiger charge is -2.40. The SMILES string of the molecule is CCc1ccc(Cn2cc([C@@H]3O[C@H](CO)[C@@H](O)[C@H](O)[C@H]3O)c3cc(C)cc(F)c32)c(F)c1. The van der Waals surface area contributed by atoms with Gasteiger partial charge in [-0.05, 0) is 42.7 Å². The van der Waals surface area contributed by atoms with Crippen LogP contribution in [0.2, 0.25) is 0 Å². The van der Waals surface area contributed by atoms with Gasteiger partial charge in [0.2, 0.25) is 0 Å². The van der Waals surface area contributed by atoms with Crippen LogP contribution in [0.15, 0.2) is 36.5 Å². The van der Waals surface area contributed by atoms with Crippen LogP contribution in [0, 0.1) is 18.6 Å². The number of hydrogen-bond donors (Lipinski definition) is 4. The zero-order chi connectivity index (χ0) is 23.2. The number of fused-ring (bicyclic) bond motifs is 1. The van der Waals surface area contributed by atoms with Crippen LogP contribution in [0.3, 0.4) is 0 Å². The van der Waals surface area contributed by atoms with Crippen LogP contribution in [-0.4, -0.2) is 56.0 Å². The molecule has 32 heavy (non-hydrogen) atoms. The molecule has 8 heteroatoms. The average Bonchev–Trinajstić information content (AvgIpc) is 3.11. The van der Waals surface area contributed by atoms with Gasteiger partial charge in [-0.25, -0.2) is 8.78 Å². The number of aryl methyl sites for hydroxylation is 2. The maximum Gasteiger partial charge on any atom is 0.147 e. The molecule has 0 amide bonds. The van der Waals surface area contributed by atoms with Crippen LogP contribution < -0.4 is 0 Å². The summed E-state index contributed by atoms with van der Waals surface area (Å²) in [5.74, 6) is -0.908. The van der Waals surface area contributed by atoms with Crippen molar-refractivity contribution >= 4 is 10.9 Å². The highest BCUT2D eigenvalue weighted by Crippen LogP contribution is 2.38. The summed E-state index contributed by atoms with van der Waals surface area (Å²) in [4.78, 5) is 0. The molecule has 1 saturated heterocycles. The summed E-state index contributed by atoms with van der Waals surface area (Å²) in [5, 5.41) is 40.9. The summed E-state index contributed by atoms with van der Waals surface area (Å²) < 4.78 is 36.9. The van der Waals surface area contributed by atoms with E-state index in [2.05, 4.69) is 0 Å². The number of hydrogen-bond acceptors (Lipinski definition) is 5. The molecule has 2 heterocycles. The Morgan fingerprint density at radius 3 is 2.41 bits per heavy atom. The van der Waals surface area contributed by atoms with Gasteiger partial charge in [-0.15, -0.1) is 0 Å². The van der Waals surface area contributed by atoms with Crippen molar-refractivity contribution in [1.82, 2.24) is 4.57 Å². The Labute approximate surface area is 184 Å². The maximum absolute atomic E-state index is 15.0. The third-order valence-electron chi connectivity index (χ3n) is 6.17. The Morgan fingerprint density at radius 1 is 1.00 bits per heavy atom. The van der Waals surface area contributed by atoms with Gasteiger partial charge >= 0.3 is 0 Å². The first kappa shape index (κ1) is 22.8. The second-order valence-corrected chi connectivity index (χ2v) is 8.38. The zero-order valence-electron chi connectivity index (χ0n) is 17.9. The van der Waals surface area contributed by atoms with Crippen LogP contribution in [0.4, 0.5) is 8.78 Å². The van der Waals surface area contributed by atoms with E-state index in [1.807, 2.05) is 13.0 Å². The van der Waals surface area contributed by atoms with Crippen molar-refractivity contribution in [2.45, 2.75) is 57.3 Å². The number of halogens is 2. The molecule has 1 fully saturated rings. The van der Waals surface area contributed by atoms with Crippen LogP contribution in [0.1, 0.15) is 35.3 Å². The van der Waals surface area contributed by atoms with Crippen molar-refractivity contribution in [1.29, 1.82) is 0 Å². The lowest BCUT2D eigenvalue weighted by molar-refractivity contribution is -0.231. The summed E-state index contributed by atoms with van der Waals surface area (Å²) in [7, 11) is 0. The van der Waals surface area contributed by atoms with Crippen molar-refractivity contribution in [2.75, 3.05) is 6.61 Å². The molecule has 1 aromatic heterocycles. The molecule has 0 aliphatic carbocycles. The highest BCUT2D eigenvalue weighted by molar-refractivity contribution is 5.86. The molecular weight excluding hydrogens is 420 g/mol. The fourth-order valence-corrected chi connectivity index (χ4v) is 4.38. The van der Waals surface area contributed by atoms with E-state index in [9.17, 15) is 24.8 Å². The molecule has 1 aliphatic heterocycles. The molecule has 0 spiro atoms. The van der Waals surface area contributed by atoms with Crippen LogP contribution in [0.5, 0.6) is 0 Å². The molecule has 6 nitrogen and oxygen atoms in total. The maximum atomic E-state index is 15.0. The second-order valence-electron chi connectivity index (χ2n) is 8.38. The van der Waals surface area contributed by atoms with E-state index in [4.69, 9.17) is 4.74 Å². The zero-order valence-corrected chi connectivity index (χ0v) is 17.9. The van der Waals surface area contributed by atoms with Crippen LogP contribution in [-0.2, 0) is 17.7 Å². The summed E-state index contributed by atoms with van der Waals surface area (Å²) >= 11 is 0. The molecule has 4 N–H and O–H groups in total. The van der Waals surface area contributed by atoms with Gasteiger partial charge in [0.15, 0.2) is 0 Å². The smallest absolute Gasteiger partial charge is 0.147 e. The van der Waals surface area contributed by atoms with Crippen molar-refractivity contribution in [3.8, 4) is 0 Å². The second kappa shape index (κ2) is 8.88. The lowest BCUT2D eigenvalue weighted by atomic mass is 9.91. The standard InChI is InChI=1S/C24H27F2NO5/c1-3-13-4-5-14(17(25)8-13)9-27-10-16(15-6-12(2)7-18(26)20(15)27)24-23(31)22(30)21(29)19(11-28)32-24/h4-8,10,19,21-24,28-31H,3,9,11H2,1-2H3/t19-,21-,22+,23-,24+/m1/s1. The minimum atomic E-state index is -1.56. The van der Waals surface area contributed by atoms with Gasteiger partial charge in [0.05, 0.1) is 18.7 Å². The number of ether oxygens (including phenoxy) is 1. The summed E-state index contributed by atoms with van der Waals surface area (Å²) in [5.41, 5.74) is 2.45. The number of nitrogens with zero attached hydrogens (tertiary/aromatic N) is 1. The Bertz CT molecular complexity index is 1130. The van der Waals surface area contributed by atoms with Crippen molar-refractivity contribution in [2.24, 2.45) is 0 Å². The van der Waals surface area contributed by atoms with E-state index in [1.165, 1.54) is 12.1 Å². The van der Waals surface area contributed by atoms with Gasteiger partial charge in [0.1, 0.15) is 42.2 Å². The topological polar surface area (TPSA) is 95.1 Å². The Balaban J connectivity index is 1.83. The van der Waals surface area contributed by atoms with Gasteiger partial charge in [0, 0.05) is 22.7 Å². The Morgan fingerprint density at radius 2 is 1.75 bits per heavy atom. The number of rotatable bonds is 5. The van der Waals surface area contributed by atoms with Gasteiger partial charge in [-0.3, -0.25) is 0 Å². The first-order chi connectivity index (χ1) is 15.2. The number of aliphatic hydroxyl groups is 4. The molecule has 0 unspecified atom stereocenters. The molecule has 3 aromatic rings. The van der Waals surface area contributed by atoms with Gasteiger partial charge in [-0.1, -0.05) is 19.1 Å². The van der Waals surface area contributed by atoms with E-state index in [0.29, 0.717) is 28.5 Å². The predicted molar refractivity (Wildman–Crippen MR) is 114 cm³/mol. The molecule has 4 rings (SSSR count). The fraction of sp³-hybridized carbons (Fsp3) is 0.417. The predicted octanol–water partition coefficient (Wildman–Crippen LogP) is 2.35. The summed E-state index contributed by atoms with van der Waals surface area (Å²) in [6.45, 7) is 3.13. The molecule has 0 saturated carbocycles. The van der Waals surface area contributed by atoms with Gasteiger partial charge < -0.3 is 29.7 Å². The van der Waals surface area contributed by atoms with E-state index in [0.717, 1.165) is 5.56 Å². The van der Waals surface area contributed by atoms with Gasteiger partial charge in [-0.2, -0.15) is 0 Å². The first-order valence-electron chi connectivity index (χ1n) is 10.6. The van der Waals surface area contributed by atoms with Crippen LogP contribution in [0.25, 0.3) is 10.9 Å². The minimum Gasteiger partial charge on any atom is -0.394 e. The minimum absolute atomic E-state index is 0.0454. The van der Waals surface area contributed by atoms with Crippen molar-refractivity contribution < 1.29 is 33.9 Å². The third kappa shape index (κ3) is 3.93. The normalized spacial score (nSPS) is 26.1. The average molecular weight is 447 g/mol. The number of aromatic nitrogens is 1. The summed E-state index contributed by atoms with van der Waals surface area (Å²) in [6, 6.07) is 8.04. The van der Waals surface area contributed by atoms with E-state index < -0.39 is 48.8 Å². The molecule has 5 atom stereocenters. The fourth-order valence-electron chi connectivity index (χ4n) is 4.38. The molecule has 1 aliphatic rings. The highest BCUT2D eigenvalue weighted by Gasteiger charge is 2.45. The molecule has 2 aromatic carbocycles. The monoisotopic (exact) mass is 447 g/mol. The Hall–Kier alpha value is -2.36. The lowest BCUT2D eigenvalue weighted by Crippen LogP contribution is -2.55. The number of aliphatic hydroxyl groups excluding tert-OH is 4. The van der Waals surface area contributed by atoms with E-state index >= 15 is 4.39 Å². The molecule has 172 valence electrons. The Kier molecular flexibility index (Phi) is 6.33. The van der Waals surface area contributed by atoms with Gasteiger partial charge in [0.25, 0.3) is 0 Å². The van der Waals surface area contributed by atoms with Crippen molar-refractivity contribution in [3.05, 3.63) is 70.4 Å². The first-order valence-corrected chi connectivity index (χ1v) is 10.6. The third-order valence-corrected chi connectivity index (χ3v) is 6.17. The van der Waals surface area contributed by atoms with Crippen LogP contribution >= 0.6 is 0 Å². The number of benzene rings is 2. The van der Waals surface area contributed by atoms with E-state index in [-0.39, 0.29) is 12.1 Å². The highest BCUT2D eigenvalue weighted by atomic mass is 19.1. The van der Waals surface area contributed by atoms with Crippen molar-refractivity contribution in [3.63, 3.8) is 0 Å². The largest absolute Gasteiger partial charge is 0.394 e. The molecular formula is C24H27F2NO5. The quantitative estimate of drug-likeness (QED) is 0.482. The molecule has 0 bridgehead atoms. The summed E-state index contributed by atoms with van der Waals surface area (Å²) in [6.07, 6.45) is -4.52.